The normalized spacial score (nSPS) is 10.6. The van der Waals surface area contributed by atoms with Gasteiger partial charge in [0.15, 0.2) is 5.96 Å². The molecular weight excluding hydrogens is 443 g/mol. The Morgan fingerprint density at radius 2 is 1.73 bits per heavy atom. The van der Waals surface area contributed by atoms with Crippen LogP contribution in [0.4, 0.5) is 5.69 Å². The summed E-state index contributed by atoms with van der Waals surface area (Å²) in [6, 6.07) is 16.5. The number of rotatable bonds is 7. The first-order valence-electron chi connectivity index (χ1n) is 7.98. The lowest BCUT2D eigenvalue weighted by Gasteiger charge is -2.13. The third-order valence-corrected chi connectivity index (χ3v) is 3.43. The number of hydrogen-bond donors (Lipinski definition) is 2. The van der Waals surface area contributed by atoms with Crippen molar-refractivity contribution in [2.45, 2.75) is 20.0 Å². The van der Waals surface area contributed by atoms with Crippen LogP contribution in [0.15, 0.2) is 71.7 Å². The van der Waals surface area contributed by atoms with Crippen molar-refractivity contribution in [3.63, 3.8) is 0 Å². The van der Waals surface area contributed by atoms with E-state index in [0.717, 1.165) is 16.7 Å². The minimum Gasteiger partial charge on any atom is -0.353 e. The van der Waals surface area contributed by atoms with Gasteiger partial charge in [-0.2, -0.15) is 0 Å². The molecule has 2 aromatic rings. The van der Waals surface area contributed by atoms with Crippen LogP contribution in [-0.2, 0) is 13.1 Å². The molecule has 6 nitrogen and oxygen atoms in total. The summed E-state index contributed by atoms with van der Waals surface area (Å²) in [7, 11) is 0. The van der Waals surface area contributed by atoms with Crippen LogP contribution in [0.25, 0.3) is 0 Å². The highest BCUT2D eigenvalue weighted by Gasteiger charge is 2.05. The molecule has 0 saturated carbocycles. The highest BCUT2D eigenvalue weighted by molar-refractivity contribution is 14.0. The van der Waals surface area contributed by atoms with Gasteiger partial charge >= 0.3 is 0 Å². The van der Waals surface area contributed by atoms with E-state index in [4.69, 9.17) is 0 Å². The van der Waals surface area contributed by atoms with Gasteiger partial charge in [0.25, 0.3) is 5.69 Å². The van der Waals surface area contributed by atoms with Crippen LogP contribution in [-0.4, -0.2) is 17.4 Å². The molecule has 138 valence electrons. The Morgan fingerprint density at radius 1 is 1.08 bits per heavy atom. The minimum absolute atomic E-state index is 0. The van der Waals surface area contributed by atoms with E-state index in [0.29, 0.717) is 25.6 Å². The number of aliphatic imine (C=N–C) groups is 1. The van der Waals surface area contributed by atoms with E-state index >= 15 is 0 Å². The van der Waals surface area contributed by atoms with E-state index in [9.17, 15) is 10.1 Å². The van der Waals surface area contributed by atoms with E-state index in [2.05, 4.69) is 22.2 Å². The Bertz CT molecular complexity index is 746. The fraction of sp³-hybridized carbons (Fsp3) is 0.211. The van der Waals surface area contributed by atoms with Crippen molar-refractivity contribution in [1.29, 1.82) is 0 Å². The summed E-state index contributed by atoms with van der Waals surface area (Å²) in [6.07, 6.45) is 0. The molecule has 0 spiro atoms. The molecule has 2 aromatic carbocycles. The summed E-state index contributed by atoms with van der Waals surface area (Å²) >= 11 is 0. The second-order valence-corrected chi connectivity index (χ2v) is 5.74. The topological polar surface area (TPSA) is 79.6 Å². The third-order valence-electron chi connectivity index (χ3n) is 3.43. The quantitative estimate of drug-likeness (QED) is 0.161. The Labute approximate surface area is 170 Å². The maximum absolute atomic E-state index is 10.7. The fourth-order valence-electron chi connectivity index (χ4n) is 2.08. The van der Waals surface area contributed by atoms with Crippen molar-refractivity contribution in [3.8, 4) is 0 Å². The molecular formula is C19H23IN4O2. The van der Waals surface area contributed by atoms with Gasteiger partial charge in [-0.3, -0.25) is 10.1 Å². The van der Waals surface area contributed by atoms with Gasteiger partial charge in [0.2, 0.25) is 0 Å². The highest BCUT2D eigenvalue weighted by Crippen LogP contribution is 2.11. The molecule has 0 aromatic heterocycles. The van der Waals surface area contributed by atoms with Crippen LogP contribution < -0.4 is 10.6 Å². The van der Waals surface area contributed by atoms with E-state index in [1.165, 1.54) is 12.1 Å². The number of nitro benzene ring substituents is 1. The molecule has 7 heteroatoms. The molecule has 0 aliphatic rings. The van der Waals surface area contributed by atoms with E-state index in [1.54, 1.807) is 12.1 Å². The molecule has 0 radical (unpaired) electrons. The van der Waals surface area contributed by atoms with Gasteiger partial charge in [-0.25, -0.2) is 4.99 Å². The van der Waals surface area contributed by atoms with Crippen LogP contribution in [0.5, 0.6) is 0 Å². The Hall–Kier alpha value is -2.42. The number of halogens is 1. The average molecular weight is 466 g/mol. The molecule has 0 aliphatic carbocycles. The molecule has 26 heavy (non-hydrogen) atoms. The zero-order chi connectivity index (χ0) is 18.1. The van der Waals surface area contributed by atoms with E-state index in [1.807, 2.05) is 37.3 Å². The number of hydrogen-bond acceptors (Lipinski definition) is 3. The smallest absolute Gasteiger partial charge is 0.269 e. The largest absolute Gasteiger partial charge is 0.353 e. The lowest BCUT2D eigenvalue weighted by molar-refractivity contribution is -0.384. The fourth-order valence-corrected chi connectivity index (χ4v) is 2.08. The summed E-state index contributed by atoms with van der Waals surface area (Å²) in [5.41, 5.74) is 3.15. The Balaban J connectivity index is 0.00000338. The number of guanidine groups is 1. The standard InChI is InChI=1S/C19H22N4O2.HI/c1-15(2)12-20-19(21-13-16-6-4-3-5-7-16)22-14-17-8-10-18(11-9-17)23(24)25;/h3-11H,1,12-14H2,2H3,(H2,20,21,22);1H. The average Bonchev–Trinajstić information content (AvgIpc) is 2.62. The summed E-state index contributed by atoms with van der Waals surface area (Å²) in [6.45, 7) is 7.53. The molecule has 2 N–H and O–H groups in total. The molecule has 0 fully saturated rings. The third kappa shape index (κ3) is 7.64. The Kier molecular flexibility index (Phi) is 9.35. The van der Waals surface area contributed by atoms with Crippen LogP contribution in [0, 0.1) is 10.1 Å². The molecule has 0 unspecified atom stereocenters. The molecule has 0 atom stereocenters. The first kappa shape index (κ1) is 21.6. The zero-order valence-electron chi connectivity index (χ0n) is 14.6. The number of benzene rings is 2. The van der Waals surface area contributed by atoms with Crippen molar-refractivity contribution < 1.29 is 4.92 Å². The number of non-ortho nitro benzene ring substituents is 1. The van der Waals surface area contributed by atoms with E-state index < -0.39 is 4.92 Å². The summed E-state index contributed by atoms with van der Waals surface area (Å²) < 4.78 is 0. The molecule has 0 bridgehead atoms. The highest BCUT2D eigenvalue weighted by atomic mass is 127. The van der Waals surface area contributed by atoms with Gasteiger partial charge in [-0.15, -0.1) is 24.0 Å². The van der Waals surface area contributed by atoms with Crippen molar-refractivity contribution in [2.24, 2.45) is 4.99 Å². The first-order chi connectivity index (χ1) is 12.0. The first-order valence-corrected chi connectivity index (χ1v) is 7.98. The maximum atomic E-state index is 10.7. The molecule has 0 saturated heterocycles. The Morgan fingerprint density at radius 3 is 2.31 bits per heavy atom. The van der Waals surface area contributed by atoms with Gasteiger partial charge in [-0.05, 0) is 18.1 Å². The van der Waals surface area contributed by atoms with Crippen molar-refractivity contribution in [2.75, 3.05) is 6.54 Å². The molecule has 2 rings (SSSR count). The summed E-state index contributed by atoms with van der Waals surface area (Å²) in [5.74, 6) is 0.671. The number of nitro groups is 1. The summed E-state index contributed by atoms with van der Waals surface area (Å²) in [5, 5.41) is 17.2. The van der Waals surface area contributed by atoms with E-state index in [-0.39, 0.29) is 29.7 Å². The van der Waals surface area contributed by atoms with Gasteiger partial charge in [0.05, 0.1) is 11.5 Å². The SMILES string of the molecule is C=C(C)CNC(=NCc1ccccc1)NCc1ccc([N+](=O)[O-])cc1.I. The van der Waals surface area contributed by atoms with Gasteiger partial charge < -0.3 is 10.6 Å². The van der Waals surface area contributed by atoms with Crippen molar-refractivity contribution >= 4 is 35.6 Å². The predicted octanol–water partition coefficient (Wildman–Crippen LogP) is 4.02. The minimum atomic E-state index is -0.404. The molecule has 0 amide bonds. The lowest BCUT2D eigenvalue weighted by Crippen LogP contribution is -2.37. The monoisotopic (exact) mass is 466 g/mol. The molecule has 0 heterocycles. The van der Waals surface area contributed by atoms with Gasteiger partial charge in [0.1, 0.15) is 0 Å². The second kappa shape index (κ2) is 11.2. The van der Waals surface area contributed by atoms with Crippen LogP contribution in [0.1, 0.15) is 18.1 Å². The van der Waals surface area contributed by atoms with Crippen molar-refractivity contribution in [1.82, 2.24) is 10.6 Å². The number of nitrogens with zero attached hydrogens (tertiary/aromatic N) is 2. The molecule has 0 aliphatic heterocycles. The van der Waals surface area contributed by atoms with Gasteiger partial charge in [0, 0.05) is 25.2 Å². The maximum Gasteiger partial charge on any atom is 0.269 e. The number of nitrogens with one attached hydrogen (secondary N) is 2. The van der Waals surface area contributed by atoms with Crippen LogP contribution >= 0.6 is 24.0 Å². The lowest BCUT2D eigenvalue weighted by atomic mass is 10.2. The van der Waals surface area contributed by atoms with Crippen LogP contribution in [0.3, 0.4) is 0 Å². The van der Waals surface area contributed by atoms with Crippen molar-refractivity contribution in [3.05, 3.63) is 88.0 Å². The summed E-state index contributed by atoms with van der Waals surface area (Å²) in [4.78, 5) is 14.9. The van der Waals surface area contributed by atoms with Gasteiger partial charge in [-0.1, -0.05) is 54.6 Å². The zero-order valence-corrected chi connectivity index (χ0v) is 17.0. The second-order valence-electron chi connectivity index (χ2n) is 5.74. The van der Waals surface area contributed by atoms with Crippen LogP contribution in [0.2, 0.25) is 0 Å². The predicted molar refractivity (Wildman–Crippen MR) is 116 cm³/mol.